The van der Waals surface area contributed by atoms with Gasteiger partial charge in [0.2, 0.25) is 10.0 Å². The van der Waals surface area contributed by atoms with E-state index in [-0.39, 0.29) is 4.90 Å². The molecule has 1 rings (SSSR count). The highest BCUT2D eigenvalue weighted by atomic mass is 32.2. The summed E-state index contributed by atoms with van der Waals surface area (Å²) in [6.45, 7) is 3.90. The molecule has 0 radical (unpaired) electrons. The monoisotopic (exact) mass is 317 g/mol. The van der Waals surface area contributed by atoms with Crippen molar-refractivity contribution < 1.29 is 17.9 Å². The molecule has 0 spiro atoms. The number of hydrogen-bond donors (Lipinski definition) is 2. The average molecular weight is 317 g/mol. The Morgan fingerprint density at radius 3 is 2.10 bits per heavy atom. The lowest BCUT2D eigenvalue weighted by atomic mass is 10.1. The summed E-state index contributed by atoms with van der Waals surface area (Å²) in [6, 6.07) is 3.11. The number of nitrogens with two attached hydrogens (primary N) is 2. The molecule has 0 atom stereocenters. The lowest BCUT2D eigenvalue weighted by Gasteiger charge is -2.27. The third-order valence-electron chi connectivity index (χ3n) is 3.13. The first-order valence-electron chi connectivity index (χ1n) is 6.47. The third-order valence-corrected chi connectivity index (χ3v) is 4.17. The quantitative estimate of drug-likeness (QED) is 0.669. The molecule has 0 unspecified atom stereocenters. The number of hydrogen-bond acceptors (Lipinski definition) is 6. The maximum absolute atomic E-state index is 11.7. The molecule has 0 aromatic heterocycles. The van der Waals surface area contributed by atoms with Crippen LogP contribution in [0.15, 0.2) is 17.0 Å². The summed E-state index contributed by atoms with van der Waals surface area (Å²) in [5.74, 6) is 0. The van der Waals surface area contributed by atoms with E-state index >= 15 is 0 Å². The van der Waals surface area contributed by atoms with Crippen molar-refractivity contribution in [3.8, 4) is 0 Å². The maximum atomic E-state index is 11.7. The number of ether oxygens (including phenoxy) is 2. The Bertz CT molecular complexity index is 567. The van der Waals surface area contributed by atoms with Crippen molar-refractivity contribution in [1.29, 1.82) is 0 Å². The third kappa shape index (κ3) is 4.85. The fourth-order valence-electron chi connectivity index (χ4n) is 2.07. The molecule has 0 aliphatic rings. The fraction of sp³-hybridized carbons (Fsp3) is 0.538. The smallest absolute Gasteiger partial charge is 0.238 e. The van der Waals surface area contributed by atoms with Gasteiger partial charge in [0, 0.05) is 38.7 Å². The van der Waals surface area contributed by atoms with Gasteiger partial charge < -0.3 is 20.1 Å². The summed E-state index contributed by atoms with van der Waals surface area (Å²) in [5.41, 5.74) is 7.44. The number of rotatable bonds is 8. The second-order valence-electron chi connectivity index (χ2n) is 4.68. The first kappa shape index (κ1) is 17.7. The zero-order valence-corrected chi connectivity index (χ0v) is 13.4. The van der Waals surface area contributed by atoms with Gasteiger partial charge in [0.25, 0.3) is 0 Å². The second-order valence-corrected chi connectivity index (χ2v) is 6.21. The summed E-state index contributed by atoms with van der Waals surface area (Å²) < 4.78 is 33.5. The van der Waals surface area contributed by atoms with Gasteiger partial charge in [0.1, 0.15) is 0 Å². The van der Waals surface area contributed by atoms with E-state index in [9.17, 15) is 8.42 Å². The first-order chi connectivity index (χ1) is 9.81. The summed E-state index contributed by atoms with van der Waals surface area (Å²) >= 11 is 0. The molecule has 120 valence electrons. The number of methoxy groups -OCH3 is 2. The molecule has 7 nitrogen and oxygen atoms in total. The molecular formula is C13H23N3O4S. The van der Waals surface area contributed by atoms with Gasteiger partial charge in [0.05, 0.1) is 18.1 Å². The molecule has 0 heterocycles. The van der Waals surface area contributed by atoms with Crippen molar-refractivity contribution in [3.05, 3.63) is 17.7 Å². The summed E-state index contributed by atoms with van der Waals surface area (Å²) in [4.78, 5) is 2.00. The molecule has 0 aliphatic heterocycles. The van der Waals surface area contributed by atoms with Crippen LogP contribution in [-0.2, 0) is 19.5 Å². The minimum absolute atomic E-state index is 0.0392. The topological polar surface area (TPSA) is 108 Å². The van der Waals surface area contributed by atoms with E-state index in [2.05, 4.69) is 0 Å². The number of sulfonamides is 1. The normalized spacial score (nSPS) is 11.6. The van der Waals surface area contributed by atoms with Crippen molar-refractivity contribution >= 4 is 21.4 Å². The Labute approximate surface area is 125 Å². The Kier molecular flexibility index (Phi) is 6.41. The van der Waals surface area contributed by atoms with E-state index < -0.39 is 10.0 Å². The SMILES string of the molecule is COCCN(CCOC)c1cc(N)cc(S(N)(=O)=O)c1C. The van der Waals surface area contributed by atoms with Crippen molar-refractivity contribution in [1.82, 2.24) is 0 Å². The fourth-order valence-corrected chi connectivity index (χ4v) is 2.90. The van der Waals surface area contributed by atoms with Crippen molar-refractivity contribution in [2.75, 3.05) is 51.2 Å². The number of nitrogen functional groups attached to an aromatic ring is 1. The predicted octanol–water partition coefficient (Wildman–Crippen LogP) is 0.324. The number of benzene rings is 1. The van der Waals surface area contributed by atoms with E-state index in [1.54, 1.807) is 27.2 Å². The zero-order valence-electron chi connectivity index (χ0n) is 12.6. The summed E-state index contributed by atoms with van der Waals surface area (Å²) in [6.07, 6.45) is 0. The van der Waals surface area contributed by atoms with Crippen LogP contribution < -0.4 is 15.8 Å². The lowest BCUT2D eigenvalue weighted by molar-refractivity contribution is 0.190. The van der Waals surface area contributed by atoms with Gasteiger partial charge in [-0.25, -0.2) is 13.6 Å². The van der Waals surface area contributed by atoms with Crippen LogP contribution in [0.3, 0.4) is 0 Å². The first-order valence-corrected chi connectivity index (χ1v) is 8.01. The van der Waals surface area contributed by atoms with Crippen LogP contribution in [0.1, 0.15) is 5.56 Å². The van der Waals surface area contributed by atoms with Crippen molar-refractivity contribution in [2.45, 2.75) is 11.8 Å². The van der Waals surface area contributed by atoms with E-state index in [0.717, 1.165) is 0 Å². The van der Waals surface area contributed by atoms with Crippen LogP contribution >= 0.6 is 0 Å². The van der Waals surface area contributed by atoms with Gasteiger partial charge in [-0.15, -0.1) is 0 Å². The van der Waals surface area contributed by atoms with Gasteiger partial charge in [0.15, 0.2) is 0 Å². The molecule has 4 N–H and O–H groups in total. The molecular weight excluding hydrogens is 294 g/mol. The molecule has 0 bridgehead atoms. The van der Waals surface area contributed by atoms with Crippen LogP contribution in [0.4, 0.5) is 11.4 Å². The predicted molar refractivity (Wildman–Crippen MR) is 82.9 cm³/mol. The maximum Gasteiger partial charge on any atom is 0.238 e. The van der Waals surface area contributed by atoms with E-state index in [4.69, 9.17) is 20.3 Å². The Morgan fingerprint density at radius 1 is 1.14 bits per heavy atom. The van der Waals surface area contributed by atoms with Gasteiger partial charge in [-0.1, -0.05) is 0 Å². The number of nitrogens with zero attached hydrogens (tertiary/aromatic N) is 1. The number of anilines is 2. The van der Waals surface area contributed by atoms with E-state index in [1.165, 1.54) is 6.07 Å². The Morgan fingerprint density at radius 2 is 1.67 bits per heavy atom. The van der Waals surface area contributed by atoms with Gasteiger partial charge in [-0.05, 0) is 24.6 Å². The molecule has 21 heavy (non-hydrogen) atoms. The Balaban J connectivity index is 3.26. The van der Waals surface area contributed by atoms with Crippen LogP contribution in [0.25, 0.3) is 0 Å². The second kappa shape index (κ2) is 7.60. The standard InChI is InChI=1S/C13H23N3O4S/c1-10-12(16(4-6-19-2)5-7-20-3)8-11(14)9-13(10)21(15,17)18/h8-9H,4-7,14H2,1-3H3,(H2,15,17,18). The average Bonchev–Trinajstić information content (AvgIpc) is 2.40. The molecule has 1 aromatic carbocycles. The van der Waals surface area contributed by atoms with Crippen molar-refractivity contribution in [2.24, 2.45) is 5.14 Å². The molecule has 0 saturated heterocycles. The van der Waals surface area contributed by atoms with Crippen LogP contribution in [0.2, 0.25) is 0 Å². The van der Waals surface area contributed by atoms with Crippen LogP contribution in [-0.4, -0.2) is 48.9 Å². The largest absolute Gasteiger partial charge is 0.399 e. The highest BCUT2D eigenvalue weighted by molar-refractivity contribution is 7.89. The molecule has 0 saturated carbocycles. The molecule has 0 amide bonds. The van der Waals surface area contributed by atoms with Gasteiger partial charge >= 0.3 is 0 Å². The summed E-state index contributed by atoms with van der Waals surface area (Å²) in [7, 11) is -0.607. The van der Waals surface area contributed by atoms with Crippen LogP contribution in [0.5, 0.6) is 0 Å². The highest BCUT2D eigenvalue weighted by Crippen LogP contribution is 2.29. The van der Waals surface area contributed by atoms with Crippen LogP contribution in [0, 0.1) is 6.92 Å². The highest BCUT2D eigenvalue weighted by Gasteiger charge is 2.19. The molecule has 8 heteroatoms. The summed E-state index contributed by atoms with van der Waals surface area (Å²) in [5, 5.41) is 5.24. The minimum atomic E-state index is -3.82. The minimum Gasteiger partial charge on any atom is -0.399 e. The lowest BCUT2D eigenvalue weighted by Crippen LogP contribution is -2.31. The van der Waals surface area contributed by atoms with Gasteiger partial charge in [-0.3, -0.25) is 0 Å². The zero-order chi connectivity index (χ0) is 16.0. The molecule has 0 aliphatic carbocycles. The molecule has 1 aromatic rings. The number of primary sulfonamides is 1. The van der Waals surface area contributed by atoms with Crippen molar-refractivity contribution in [3.63, 3.8) is 0 Å². The van der Waals surface area contributed by atoms with Gasteiger partial charge in [-0.2, -0.15) is 0 Å². The van der Waals surface area contributed by atoms with E-state index in [0.29, 0.717) is 43.2 Å². The Hall–Kier alpha value is -1.35. The molecule has 0 fully saturated rings. The van der Waals surface area contributed by atoms with E-state index in [1.807, 2.05) is 4.90 Å².